The number of ether oxygens (including phenoxy) is 1. The van der Waals surface area contributed by atoms with E-state index in [1.807, 2.05) is 37.3 Å². The zero-order chi connectivity index (χ0) is 14.8. The highest BCUT2D eigenvalue weighted by Gasteiger charge is 2.29. The largest absolute Gasteiger partial charge is 0.493 e. The van der Waals surface area contributed by atoms with Crippen LogP contribution in [-0.4, -0.2) is 6.61 Å². The Kier molecular flexibility index (Phi) is 4.15. The van der Waals surface area contributed by atoms with Crippen molar-refractivity contribution in [3.05, 3.63) is 64.2 Å². The van der Waals surface area contributed by atoms with Gasteiger partial charge < -0.3 is 4.74 Å². The van der Waals surface area contributed by atoms with Crippen LogP contribution < -0.4 is 16.0 Å². The molecule has 0 saturated carbocycles. The maximum Gasteiger partial charge on any atom is 0.122 e. The first-order valence-corrected chi connectivity index (χ1v) is 7.52. The van der Waals surface area contributed by atoms with Crippen LogP contribution >= 0.6 is 11.6 Å². The minimum absolute atomic E-state index is 0.0214. The summed E-state index contributed by atoms with van der Waals surface area (Å²) in [6.45, 7) is 2.71. The van der Waals surface area contributed by atoms with E-state index in [9.17, 15) is 0 Å². The van der Waals surface area contributed by atoms with E-state index in [0.717, 1.165) is 28.3 Å². The summed E-state index contributed by atoms with van der Waals surface area (Å²) >= 11 is 6.26. The van der Waals surface area contributed by atoms with Crippen molar-refractivity contribution < 1.29 is 4.74 Å². The number of para-hydroxylation sites is 1. The number of hydrogen-bond donors (Lipinski definition) is 2. The van der Waals surface area contributed by atoms with Gasteiger partial charge in [0.1, 0.15) is 5.75 Å². The third kappa shape index (κ3) is 2.77. The van der Waals surface area contributed by atoms with Crippen LogP contribution in [0.2, 0.25) is 5.02 Å². The molecule has 0 spiro atoms. The van der Waals surface area contributed by atoms with Crippen LogP contribution in [-0.2, 0) is 0 Å². The Labute approximate surface area is 130 Å². The molecule has 0 amide bonds. The number of aryl methyl sites for hydroxylation is 1. The molecule has 0 bridgehead atoms. The Morgan fingerprint density at radius 3 is 2.86 bits per heavy atom. The number of nitrogens with one attached hydrogen (secondary N) is 1. The van der Waals surface area contributed by atoms with Crippen LogP contribution in [0, 0.1) is 6.92 Å². The lowest BCUT2D eigenvalue weighted by molar-refractivity contribution is 0.246. The Hall–Kier alpha value is -1.55. The monoisotopic (exact) mass is 302 g/mol. The van der Waals surface area contributed by atoms with Gasteiger partial charge in [-0.25, -0.2) is 0 Å². The highest BCUT2D eigenvalue weighted by molar-refractivity contribution is 6.31. The second-order valence-electron chi connectivity index (χ2n) is 5.43. The molecule has 3 rings (SSSR count). The molecule has 4 heteroatoms. The van der Waals surface area contributed by atoms with Gasteiger partial charge in [0.15, 0.2) is 0 Å². The summed E-state index contributed by atoms with van der Waals surface area (Å²) in [5.74, 6) is 7.07. The quantitative estimate of drug-likeness (QED) is 0.671. The fourth-order valence-corrected chi connectivity index (χ4v) is 3.15. The topological polar surface area (TPSA) is 47.3 Å². The van der Waals surface area contributed by atoms with Gasteiger partial charge in [0, 0.05) is 10.9 Å². The van der Waals surface area contributed by atoms with Gasteiger partial charge in [-0.05, 0) is 42.2 Å². The number of hydrogen-bond acceptors (Lipinski definition) is 3. The second-order valence-corrected chi connectivity index (χ2v) is 5.84. The minimum Gasteiger partial charge on any atom is -0.493 e. The molecular formula is C17H19ClN2O. The fraction of sp³-hybridized carbons (Fsp3) is 0.294. The lowest BCUT2D eigenvalue weighted by atomic mass is 9.83. The van der Waals surface area contributed by atoms with Gasteiger partial charge in [-0.1, -0.05) is 41.9 Å². The van der Waals surface area contributed by atoms with Gasteiger partial charge >= 0.3 is 0 Å². The van der Waals surface area contributed by atoms with E-state index >= 15 is 0 Å². The molecule has 1 heterocycles. The van der Waals surface area contributed by atoms with Crippen LogP contribution in [0.4, 0.5) is 0 Å². The lowest BCUT2D eigenvalue weighted by Crippen LogP contribution is -2.34. The molecule has 2 aromatic carbocycles. The summed E-state index contributed by atoms with van der Waals surface area (Å²) in [6.07, 6.45) is 0.928. The Morgan fingerprint density at radius 1 is 1.29 bits per heavy atom. The molecule has 0 saturated heterocycles. The number of rotatable bonds is 3. The van der Waals surface area contributed by atoms with E-state index in [2.05, 4.69) is 17.6 Å². The van der Waals surface area contributed by atoms with Crippen LogP contribution in [0.25, 0.3) is 0 Å². The maximum absolute atomic E-state index is 6.26. The van der Waals surface area contributed by atoms with E-state index in [1.165, 1.54) is 5.56 Å². The summed E-state index contributed by atoms with van der Waals surface area (Å²) in [5.41, 5.74) is 6.34. The molecule has 0 fully saturated rings. The van der Waals surface area contributed by atoms with Crippen molar-refractivity contribution in [2.75, 3.05) is 6.61 Å². The highest BCUT2D eigenvalue weighted by Crippen LogP contribution is 2.41. The van der Waals surface area contributed by atoms with Crippen molar-refractivity contribution in [2.24, 2.45) is 5.84 Å². The number of halogens is 1. The molecule has 1 aliphatic heterocycles. The summed E-state index contributed by atoms with van der Waals surface area (Å²) in [4.78, 5) is 0. The number of benzene rings is 2. The minimum atomic E-state index is 0.0214. The predicted molar refractivity (Wildman–Crippen MR) is 85.5 cm³/mol. The third-order valence-electron chi connectivity index (χ3n) is 4.14. The first kappa shape index (κ1) is 14.4. The smallest absolute Gasteiger partial charge is 0.122 e. The van der Waals surface area contributed by atoms with E-state index in [1.54, 1.807) is 0 Å². The fourth-order valence-electron chi connectivity index (χ4n) is 2.96. The number of hydrazine groups is 1. The third-order valence-corrected chi connectivity index (χ3v) is 4.55. The van der Waals surface area contributed by atoms with Gasteiger partial charge in [0.25, 0.3) is 0 Å². The summed E-state index contributed by atoms with van der Waals surface area (Å²) in [7, 11) is 0. The van der Waals surface area contributed by atoms with Crippen LogP contribution in [0.3, 0.4) is 0 Å². The van der Waals surface area contributed by atoms with Gasteiger partial charge in [-0.2, -0.15) is 0 Å². The van der Waals surface area contributed by atoms with E-state index in [-0.39, 0.29) is 12.0 Å². The highest BCUT2D eigenvalue weighted by atomic mass is 35.5. The molecule has 1 aliphatic rings. The van der Waals surface area contributed by atoms with E-state index in [4.69, 9.17) is 22.2 Å². The van der Waals surface area contributed by atoms with Crippen molar-refractivity contribution in [2.45, 2.75) is 25.3 Å². The number of nitrogens with two attached hydrogens (primary N) is 1. The molecular weight excluding hydrogens is 284 g/mol. The SMILES string of the molecule is Cc1ccc(C(NN)C2CCOc3ccccc32)cc1Cl. The Bertz CT molecular complexity index is 644. The van der Waals surface area contributed by atoms with Crippen LogP contribution in [0.15, 0.2) is 42.5 Å². The first-order chi connectivity index (χ1) is 10.2. The standard InChI is InChI=1S/C17H19ClN2O/c1-11-6-7-12(10-15(11)18)17(20-19)14-8-9-21-16-5-3-2-4-13(14)16/h2-7,10,14,17,20H,8-9,19H2,1H3. The molecule has 21 heavy (non-hydrogen) atoms. The molecule has 110 valence electrons. The Balaban J connectivity index is 1.99. The predicted octanol–water partition coefficient (Wildman–Crippen LogP) is 3.72. The van der Waals surface area contributed by atoms with Crippen molar-refractivity contribution >= 4 is 11.6 Å². The van der Waals surface area contributed by atoms with Gasteiger partial charge in [0.05, 0.1) is 12.6 Å². The van der Waals surface area contributed by atoms with Crippen molar-refractivity contribution in [1.29, 1.82) is 0 Å². The molecule has 3 N–H and O–H groups in total. The van der Waals surface area contributed by atoms with Gasteiger partial charge in [0.2, 0.25) is 0 Å². The second kappa shape index (κ2) is 6.06. The molecule has 0 aliphatic carbocycles. The maximum atomic E-state index is 6.26. The first-order valence-electron chi connectivity index (χ1n) is 7.14. The van der Waals surface area contributed by atoms with Gasteiger partial charge in [-0.3, -0.25) is 11.3 Å². The lowest BCUT2D eigenvalue weighted by Gasteiger charge is -2.32. The van der Waals surface area contributed by atoms with Gasteiger partial charge in [-0.15, -0.1) is 0 Å². The average Bonchev–Trinajstić information content (AvgIpc) is 2.52. The molecule has 3 nitrogen and oxygen atoms in total. The van der Waals surface area contributed by atoms with Crippen LogP contribution in [0.1, 0.15) is 35.1 Å². The Morgan fingerprint density at radius 2 is 2.10 bits per heavy atom. The van der Waals surface area contributed by atoms with E-state index in [0.29, 0.717) is 6.61 Å². The molecule has 0 aromatic heterocycles. The molecule has 0 radical (unpaired) electrons. The average molecular weight is 303 g/mol. The number of fused-ring (bicyclic) bond motifs is 1. The summed E-state index contributed by atoms with van der Waals surface area (Å²) < 4.78 is 5.73. The van der Waals surface area contributed by atoms with E-state index < -0.39 is 0 Å². The zero-order valence-electron chi connectivity index (χ0n) is 12.0. The normalized spacial score (nSPS) is 18.7. The zero-order valence-corrected chi connectivity index (χ0v) is 12.7. The van der Waals surface area contributed by atoms with Crippen LogP contribution in [0.5, 0.6) is 5.75 Å². The molecule has 2 aromatic rings. The molecule has 2 atom stereocenters. The van der Waals surface area contributed by atoms with Crippen molar-refractivity contribution in [3.63, 3.8) is 0 Å². The summed E-state index contributed by atoms with van der Waals surface area (Å²) in [6, 6.07) is 14.3. The van der Waals surface area contributed by atoms with Crippen molar-refractivity contribution in [1.82, 2.24) is 5.43 Å². The van der Waals surface area contributed by atoms with Crippen molar-refractivity contribution in [3.8, 4) is 5.75 Å². The molecule has 2 unspecified atom stereocenters. The summed E-state index contributed by atoms with van der Waals surface area (Å²) in [5, 5.41) is 0.771.